The van der Waals surface area contributed by atoms with Crippen molar-refractivity contribution in [1.29, 1.82) is 0 Å². The molecule has 0 radical (unpaired) electrons. The molecule has 0 saturated carbocycles. The van der Waals surface area contributed by atoms with Crippen LogP contribution < -0.4 is 10.1 Å². The molecule has 0 spiro atoms. The molecule has 1 amide bonds. The fourth-order valence-electron chi connectivity index (χ4n) is 2.31. The molecule has 3 aromatic rings. The second-order valence-electron chi connectivity index (χ2n) is 5.75. The number of carbonyl (C=O) groups is 1. The zero-order valence-electron chi connectivity index (χ0n) is 15.3. The maximum Gasteiger partial charge on any atom is 0.233 e. The van der Waals surface area contributed by atoms with E-state index >= 15 is 0 Å². The number of nitrogens with zero attached hydrogens (tertiary/aromatic N) is 3. The number of benzene rings is 1. The molecule has 1 aromatic carbocycles. The molecule has 27 heavy (non-hydrogen) atoms. The van der Waals surface area contributed by atoms with Crippen molar-refractivity contribution in [3.05, 3.63) is 47.9 Å². The lowest BCUT2D eigenvalue weighted by Crippen LogP contribution is -2.27. The first-order chi connectivity index (χ1) is 13.0. The molecule has 7 nitrogen and oxygen atoms in total. The summed E-state index contributed by atoms with van der Waals surface area (Å²) in [7, 11) is 3.38. The highest BCUT2D eigenvalue weighted by molar-refractivity contribution is 8.01. The van der Waals surface area contributed by atoms with Crippen molar-refractivity contribution < 1.29 is 13.9 Å². The predicted molar refractivity (Wildman–Crippen MR) is 107 cm³/mol. The van der Waals surface area contributed by atoms with Crippen LogP contribution in [-0.2, 0) is 11.3 Å². The molecular weight excluding hydrogens is 384 g/mol. The Morgan fingerprint density at radius 3 is 2.85 bits per heavy atom. The maximum absolute atomic E-state index is 12.3. The van der Waals surface area contributed by atoms with Crippen LogP contribution in [0.2, 0.25) is 0 Å². The van der Waals surface area contributed by atoms with Gasteiger partial charge in [0.2, 0.25) is 11.0 Å². The number of furan rings is 1. The third kappa shape index (κ3) is 5.24. The monoisotopic (exact) mass is 404 g/mol. The molecule has 2 aromatic heterocycles. The van der Waals surface area contributed by atoms with Gasteiger partial charge in [-0.1, -0.05) is 35.2 Å². The highest BCUT2D eigenvalue weighted by Crippen LogP contribution is 2.31. The number of para-hydroxylation sites is 2. The summed E-state index contributed by atoms with van der Waals surface area (Å²) in [6.45, 7) is 2.33. The van der Waals surface area contributed by atoms with Crippen molar-refractivity contribution in [1.82, 2.24) is 15.1 Å². The molecule has 1 N–H and O–H groups in total. The molecule has 0 aliphatic heterocycles. The Balaban J connectivity index is 1.52. The van der Waals surface area contributed by atoms with Gasteiger partial charge in [-0.15, -0.1) is 10.2 Å². The van der Waals surface area contributed by atoms with Crippen molar-refractivity contribution in [2.75, 3.05) is 25.2 Å². The van der Waals surface area contributed by atoms with Crippen LogP contribution in [0.4, 0.5) is 10.8 Å². The van der Waals surface area contributed by atoms with Gasteiger partial charge >= 0.3 is 0 Å². The average molecular weight is 405 g/mol. The highest BCUT2D eigenvalue weighted by atomic mass is 32.2. The normalized spacial score (nSPS) is 10.6. The summed E-state index contributed by atoms with van der Waals surface area (Å²) in [5.74, 6) is 2.63. The standard InChI is InChI=1S/C18H20N4O3S2/c1-12-8-9-13(25-12)10-22(2)16(23)11-26-18-21-20-17(27-18)19-14-6-4-5-7-15(14)24-3/h4-9H,10-11H2,1-3H3,(H,19,20). The number of carbonyl (C=O) groups excluding carboxylic acids is 1. The van der Waals surface area contributed by atoms with Crippen LogP contribution >= 0.6 is 23.1 Å². The zero-order chi connectivity index (χ0) is 19.2. The van der Waals surface area contributed by atoms with Crippen LogP contribution in [-0.4, -0.2) is 40.9 Å². The number of anilines is 2. The van der Waals surface area contributed by atoms with Crippen LogP contribution in [0.1, 0.15) is 11.5 Å². The van der Waals surface area contributed by atoms with Gasteiger partial charge in [0.15, 0.2) is 4.34 Å². The summed E-state index contributed by atoms with van der Waals surface area (Å²) >= 11 is 2.76. The summed E-state index contributed by atoms with van der Waals surface area (Å²) in [5, 5.41) is 12.1. The number of amides is 1. The minimum absolute atomic E-state index is 0.00323. The predicted octanol–water partition coefficient (Wildman–Crippen LogP) is 3.94. The van der Waals surface area contributed by atoms with Crippen molar-refractivity contribution in [3.63, 3.8) is 0 Å². The molecule has 142 valence electrons. The Bertz CT molecular complexity index is 909. The molecule has 0 fully saturated rings. The molecule has 2 heterocycles. The number of ether oxygens (including phenoxy) is 1. The summed E-state index contributed by atoms with van der Waals surface area (Å²) in [6, 6.07) is 11.4. The molecular formula is C18H20N4O3S2. The van der Waals surface area contributed by atoms with E-state index in [1.165, 1.54) is 23.1 Å². The molecule has 0 aliphatic rings. The maximum atomic E-state index is 12.3. The van der Waals surface area contributed by atoms with Crippen molar-refractivity contribution in [2.24, 2.45) is 0 Å². The van der Waals surface area contributed by atoms with E-state index < -0.39 is 0 Å². The Kier molecular flexibility index (Phi) is 6.36. The van der Waals surface area contributed by atoms with Gasteiger partial charge in [-0.25, -0.2) is 0 Å². The minimum Gasteiger partial charge on any atom is -0.495 e. The number of aromatic nitrogens is 2. The first-order valence-corrected chi connectivity index (χ1v) is 10.0. The zero-order valence-corrected chi connectivity index (χ0v) is 16.9. The van der Waals surface area contributed by atoms with Crippen LogP contribution in [0.25, 0.3) is 0 Å². The number of hydrogen-bond donors (Lipinski definition) is 1. The molecule has 0 aliphatic carbocycles. The number of nitrogens with one attached hydrogen (secondary N) is 1. The lowest BCUT2D eigenvalue weighted by Gasteiger charge is -2.14. The van der Waals surface area contributed by atoms with Gasteiger partial charge in [-0.2, -0.15) is 0 Å². The van der Waals surface area contributed by atoms with E-state index in [4.69, 9.17) is 9.15 Å². The number of methoxy groups -OCH3 is 1. The highest BCUT2D eigenvalue weighted by Gasteiger charge is 2.14. The minimum atomic E-state index is 0.00323. The molecule has 0 saturated heterocycles. The van der Waals surface area contributed by atoms with Gasteiger partial charge in [0.1, 0.15) is 17.3 Å². The van der Waals surface area contributed by atoms with E-state index in [9.17, 15) is 4.79 Å². The van der Waals surface area contributed by atoms with E-state index in [-0.39, 0.29) is 5.91 Å². The summed E-state index contributed by atoms with van der Waals surface area (Å²) in [5.41, 5.74) is 0.817. The van der Waals surface area contributed by atoms with Gasteiger partial charge in [0.05, 0.1) is 25.1 Å². The van der Waals surface area contributed by atoms with Crippen LogP contribution in [0, 0.1) is 6.92 Å². The number of aryl methyl sites for hydroxylation is 1. The Labute approximate surface area is 165 Å². The van der Waals surface area contributed by atoms with Crippen LogP contribution in [0.5, 0.6) is 5.75 Å². The topological polar surface area (TPSA) is 80.5 Å². The summed E-state index contributed by atoms with van der Waals surface area (Å²) in [6.07, 6.45) is 0. The Morgan fingerprint density at radius 1 is 1.30 bits per heavy atom. The number of thioether (sulfide) groups is 1. The van der Waals surface area contributed by atoms with E-state index in [0.29, 0.717) is 17.4 Å². The third-order valence-corrected chi connectivity index (χ3v) is 5.65. The number of rotatable bonds is 8. The lowest BCUT2D eigenvalue weighted by atomic mass is 10.3. The van der Waals surface area contributed by atoms with Crippen LogP contribution in [0.3, 0.4) is 0 Å². The smallest absolute Gasteiger partial charge is 0.233 e. The molecule has 0 unspecified atom stereocenters. The molecule has 9 heteroatoms. The first kappa shape index (κ1) is 19.2. The first-order valence-electron chi connectivity index (χ1n) is 8.21. The Hall–Kier alpha value is -2.52. The van der Waals surface area contributed by atoms with E-state index in [0.717, 1.165) is 27.3 Å². The quantitative estimate of drug-likeness (QED) is 0.570. The summed E-state index contributed by atoms with van der Waals surface area (Å²) in [4.78, 5) is 13.9. The van der Waals surface area contributed by atoms with Gasteiger partial charge in [-0.05, 0) is 31.2 Å². The molecule has 3 rings (SSSR count). The van der Waals surface area contributed by atoms with Gasteiger partial charge in [-0.3, -0.25) is 4.79 Å². The van der Waals surface area contributed by atoms with Crippen LogP contribution in [0.15, 0.2) is 45.2 Å². The summed E-state index contributed by atoms with van der Waals surface area (Å²) < 4.78 is 11.5. The fourth-order valence-corrected chi connectivity index (χ4v) is 4.01. The Morgan fingerprint density at radius 2 is 2.11 bits per heavy atom. The van der Waals surface area contributed by atoms with Crippen molar-refractivity contribution in [2.45, 2.75) is 17.8 Å². The van der Waals surface area contributed by atoms with Gasteiger partial charge < -0.3 is 19.4 Å². The second-order valence-corrected chi connectivity index (χ2v) is 7.95. The second kappa shape index (κ2) is 8.92. The van der Waals surface area contributed by atoms with Gasteiger partial charge in [0, 0.05) is 7.05 Å². The van der Waals surface area contributed by atoms with Crippen molar-refractivity contribution in [3.8, 4) is 5.75 Å². The number of hydrogen-bond acceptors (Lipinski definition) is 8. The fraction of sp³-hybridized carbons (Fsp3) is 0.278. The SMILES string of the molecule is COc1ccccc1Nc1nnc(SCC(=O)N(C)Cc2ccc(C)o2)s1. The average Bonchev–Trinajstić information content (AvgIpc) is 3.28. The van der Waals surface area contributed by atoms with Crippen molar-refractivity contribution >= 4 is 39.8 Å². The van der Waals surface area contributed by atoms with E-state index in [1.54, 1.807) is 19.1 Å². The van der Waals surface area contributed by atoms with E-state index in [2.05, 4.69) is 15.5 Å². The van der Waals surface area contributed by atoms with Gasteiger partial charge in [0.25, 0.3) is 0 Å². The third-order valence-electron chi connectivity index (χ3n) is 3.69. The lowest BCUT2D eigenvalue weighted by molar-refractivity contribution is -0.127. The van der Waals surface area contributed by atoms with E-state index in [1.807, 2.05) is 43.3 Å². The molecule has 0 atom stereocenters. The largest absolute Gasteiger partial charge is 0.495 e. The molecule has 0 bridgehead atoms.